The third kappa shape index (κ3) is 2.83. The lowest BCUT2D eigenvalue weighted by atomic mass is 10.3. The molecular formula is C13H10FN5S. The zero-order valence-corrected chi connectivity index (χ0v) is 11.2. The first kappa shape index (κ1) is 12.7. The lowest BCUT2D eigenvalue weighted by molar-refractivity contribution is 0.626. The van der Waals surface area contributed by atoms with Crippen molar-refractivity contribution in [1.82, 2.24) is 25.2 Å². The van der Waals surface area contributed by atoms with Crippen LogP contribution in [0.4, 0.5) is 4.39 Å². The standard InChI is InChI=1S/C13H10FN5S/c14-10-4-6-12(7-5-10)19-13(16-17-18-19)20-9-11-3-1-2-8-15-11/h1-8H,9H2. The highest BCUT2D eigenvalue weighted by molar-refractivity contribution is 7.98. The van der Waals surface area contributed by atoms with Crippen molar-refractivity contribution in [3.63, 3.8) is 0 Å². The van der Waals surface area contributed by atoms with Crippen LogP contribution in [0.25, 0.3) is 5.69 Å². The van der Waals surface area contributed by atoms with Crippen molar-refractivity contribution in [2.24, 2.45) is 0 Å². The minimum absolute atomic E-state index is 0.287. The summed E-state index contributed by atoms with van der Waals surface area (Å²) >= 11 is 1.48. The summed E-state index contributed by atoms with van der Waals surface area (Å²) in [5.74, 6) is 0.382. The Morgan fingerprint density at radius 3 is 2.70 bits per heavy atom. The molecule has 0 aliphatic rings. The Balaban J connectivity index is 1.78. The van der Waals surface area contributed by atoms with Crippen LogP contribution in [0.2, 0.25) is 0 Å². The summed E-state index contributed by atoms with van der Waals surface area (Å²) in [7, 11) is 0. The second-order valence-corrected chi connectivity index (χ2v) is 4.90. The zero-order valence-electron chi connectivity index (χ0n) is 10.3. The van der Waals surface area contributed by atoms with Gasteiger partial charge < -0.3 is 0 Å². The number of aromatic nitrogens is 5. The second kappa shape index (κ2) is 5.79. The molecule has 0 radical (unpaired) electrons. The van der Waals surface area contributed by atoms with Crippen LogP contribution >= 0.6 is 11.8 Å². The number of benzene rings is 1. The number of hydrogen-bond donors (Lipinski definition) is 0. The fraction of sp³-hybridized carbons (Fsp3) is 0.0769. The predicted molar refractivity (Wildman–Crippen MR) is 72.9 cm³/mol. The summed E-state index contributed by atoms with van der Waals surface area (Å²) < 4.78 is 14.5. The Bertz CT molecular complexity index is 683. The highest BCUT2D eigenvalue weighted by atomic mass is 32.2. The number of rotatable bonds is 4. The minimum Gasteiger partial charge on any atom is -0.260 e. The quantitative estimate of drug-likeness (QED) is 0.690. The lowest BCUT2D eigenvalue weighted by Gasteiger charge is -2.03. The predicted octanol–water partition coefficient (Wildman–Crippen LogP) is 2.49. The Morgan fingerprint density at radius 1 is 1.10 bits per heavy atom. The van der Waals surface area contributed by atoms with Crippen molar-refractivity contribution < 1.29 is 4.39 Å². The maximum atomic E-state index is 12.9. The maximum absolute atomic E-state index is 12.9. The number of hydrogen-bond acceptors (Lipinski definition) is 5. The Hall–Kier alpha value is -2.28. The number of nitrogens with zero attached hydrogens (tertiary/aromatic N) is 5. The molecule has 0 aliphatic heterocycles. The van der Waals surface area contributed by atoms with Crippen molar-refractivity contribution >= 4 is 11.8 Å². The minimum atomic E-state index is -0.287. The van der Waals surface area contributed by atoms with E-state index in [-0.39, 0.29) is 5.82 Å². The molecule has 0 unspecified atom stereocenters. The van der Waals surface area contributed by atoms with Crippen LogP contribution in [0.3, 0.4) is 0 Å². The molecule has 0 fully saturated rings. The highest BCUT2D eigenvalue weighted by Gasteiger charge is 2.09. The fourth-order valence-electron chi connectivity index (χ4n) is 1.64. The molecule has 0 spiro atoms. The third-order valence-corrected chi connectivity index (χ3v) is 3.54. The number of thioether (sulfide) groups is 1. The molecule has 3 rings (SSSR count). The van der Waals surface area contributed by atoms with Crippen LogP contribution in [0.5, 0.6) is 0 Å². The second-order valence-electron chi connectivity index (χ2n) is 3.96. The lowest BCUT2D eigenvalue weighted by Crippen LogP contribution is -1.99. The van der Waals surface area contributed by atoms with Crippen molar-refractivity contribution in [3.05, 3.63) is 60.2 Å². The molecule has 5 nitrogen and oxygen atoms in total. The van der Waals surface area contributed by atoms with E-state index in [1.54, 1.807) is 23.0 Å². The summed E-state index contributed by atoms with van der Waals surface area (Å²) in [6.45, 7) is 0. The molecule has 0 bridgehead atoms. The number of tetrazole rings is 1. The van der Waals surface area contributed by atoms with Gasteiger partial charge in [-0.3, -0.25) is 4.98 Å². The van der Waals surface area contributed by atoms with Crippen LogP contribution in [0.1, 0.15) is 5.69 Å². The first-order valence-electron chi connectivity index (χ1n) is 5.90. The first-order chi connectivity index (χ1) is 9.83. The van der Waals surface area contributed by atoms with E-state index < -0.39 is 0 Å². The summed E-state index contributed by atoms with van der Waals surface area (Å²) in [6, 6.07) is 11.8. The molecule has 7 heteroatoms. The van der Waals surface area contributed by atoms with Gasteiger partial charge in [-0.15, -0.1) is 5.10 Å². The van der Waals surface area contributed by atoms with E-state index in [9.17, 15) is 4.39 Å². The van der Waals surface area contributed by atoms with E-state index in [0.29, 0.717) is 10.9 Å². The summed E-state index contributed by atoms with van der Waals surface area (Å²) in [6.07, 6.45) is 1.75. The molecule has 0 atom stereocenters. The van der Waals surface area contributed by atoms with Gasteiger partial charge in [-0.25, -0.2) is 4.39 Å². The van der Waals surface area contributed by atoms with Gasteiger partial charge in [-0.1, -0.05) is 17.8 Å². The normalized spacial score (nSPS) is 10.7. The maximum Gasteiger partial charge on any atom is 0.214 e. The number of pyridine rings is 1. The monoisotopic (exact) mass is 287 g/mol. The van der Waals surface area contributed by atoms with Crippen LogP contribution < -0.4 is 0 Å². The average Bonchev–Trinajstić information content (AvgIpc) is 2.95. The molecule has 0 saturated carbocycles. The molecule has 0 aliphatic carbocycles. The van der Waals surface area contributed by atoms with Crippen molar-refractivity contribution in [3.8, 4) is 5.69 Å². The SMILES string of the molecule is Fc1ccc(-n2nnnc2SCc2ccccn2)cc1. The molecule has 2 heterocycles. The topological polar surface area (TPSA) is 56.5 Å². The van der Waals surface area contributed by atoms with E-state index in [4.69, 9.17) is 0 Å². The molecule has 20 heavy (non-hydrogen) atoms. The van der Waals surface area contributed by atoms with Gasteiger partial charge >= 0.3 is 0 Å². The molecule has 0 saturated heterocycles. The third-order valence-electron chi connectivity index (χ3n) is 2.59. The van der Waals surface area contributed by atoms with Gasteiger partial charge in [0, 0.05) is 11.9 Å². The van der Waals surface area contributed by atoms with Crippen molar-refractivity contribution in [2.75, 3.05) is 0 Å². The Labute approximate surface area is 118 Å². The molecular weight excluding hydrogens is 277 g/mol. The van der Waals surface area contributed by atoms with Gasteiger partial charge in [-0.2, -0.15) is 4.68 Å². The smallest absolute Gasteiger partial charge is 0.214 e. The molecule has 100 valence electrons. The van der Waals surface area contributed by atoms with Gasteiger partial charge in [0.05, 0.1) is 11.4 Å². The Kier molecular flexibility index (Phi) is 3.69. The fourth-order valence-corrected chi connectivity index (χ4v) is 2.44. The van der Waals surface area contributed by atoms with Gasteiger partial charge in [0.1, 0.15) is 5.82 Å². The molecule has 1 aromatic carbocycles. The molecule has 0 N–H and O–H groups in total. The average molecular weight is 287 g/mol. The van der Waals surface area contributed by atoms with Crippen molar-refractivity contribution in [2.45, 2.75) is 10.9 Å². The van der Waals surface area contributed by atoms with Crippen molar-refractivity contribution in [1.29, 1.82) is 0 Å². The van der Waals surface area contributed by atoms with Gasteiger partial charge in [0.2, 0.25) is 5.16 Å². The van der Waals surface area contributed by atoms with Crippen LogP contribution in [0, 0.1) is 5.82 Å². The highest BCUT2D eigenvalue weighted by Crippen LogP contribution is 2.21. The Morgan fingerprint density at radius 2 is 1.95 bits per heavy atom. The summed E-state index contributed by atoms with van der Waals surface area (Å²) in [4.78, 5) is 4.24. The van der Waals surface area contributed by atoms with E-state index in [1.165, 1.54) is 23.9 Å². The summed E-state index contributed by atoms with van der Waals surface area (Å²) in [5.41, 5.74) is 1.67. The molecule has 3 aromatic rings. The van der Waals surface area contributed by atoms with Crippen LogP contribution in [-0.2, 0) is 5.75 Å². The van der Waals surface area contributed by atoms with Gasteiger partial charge in [-0.05, 0) is 46.8 Å². The van der Waals surface area contributed by atoms with Crippen LogP contribution in [0.15, 0.2) is 53.8 Å². The van der Waals surface area contributed by atoms with E-state index >= 15 is 0 Å². The number of halogens is 1. The van der Waals surface area contributed by atoms with Crippen LogP contribution in [-0.4, -0.2) is 25.2 Å². The van der Waals surface area contributed by atoms with E-state index in [2.05, 4.69) is 20.5 Å². The van der Waals surface area contributed by atoms with E-state index in [0.717, 1.165) is 11.4 Å². The molecule has 2 aromatic heterocycles. The van der Waals surface area contributed by atoms with Gasteiger partial charge in [0.25, 0.3) is 0 Å². The summed E-state index contributed by atoms with van der Waals surface area (Å²) in [5, 5.41) is 12.2. The van der Waals surface area contributed by atoms with Gasteiger partial charge in [0.15, 0.2) is 0 Å². The largest absolute Gasteiger partial charge is 0.260 e. The zero-order chi connectivity index (χ0) is 13.8. The van der Waals surface area contributed by atoms with E-state index in [1.807, 2.05) is 18.2 Å². The first-order valence-corrected chi connectivity index (χ1v) is 6.88. The molecule has 0 amide bonds.